The molecule has 11 heavy (non-hydrogen) atoms. The van der Waals surface area contributed by atoms with E-state index in [1.165, 1.54) is 4.90 Å². The van der Waals surface area contributed by atoms with Crippen molar-refractivity contribution >= 4 is 6.03 Å². The number of urea groups is 1. The van der Waals surface area contributed by atoms with Gasteiger partial charge in [-0.05, 0) is 0 Å². The topological polar surface area (TPSA) is 78.6 Å². The molecule has 64 valence electrons. The zero-order chi connectivity index (χ0) is 8.27. The van der Waals surface area contributed by atoms with E-state index in [9.17, 15) is 4.79 Å². The lowest BCUT2D eigenvalue weighted by atomic mass is 10.2. The SMILES string of the molecule is NC(=O)N1CCNCC1CO. The van der Waals surface area contributed by atoms with Crippen LogP contribution in [0.3, 0.4) is 0 Å². The molecule has 0 aromatic carbocycles. The quantitative estimate of drug-likeness (QED) is 0.428. The molecule has 1 saturated heterocycles. The molecule has 1 aliphatic heterocycles. The molecule has 1 aliphatic rings. The summed E-state index contributed by atoms with van der Waals surface area (Å²) in [4.78, 5) is 12.2. The highest BCUT2D eigenvalue weighted by atomic mass is 16.3. The second-order valence-corrected chi connectivity index (χ2v) is 2.57. The number of hydrogen-bond donors (Lipinski definition) is 3. The minimum absolute atomic E-state index is 0.0318. The second-order valence-electron chi connectivity index (χ2n) is 2.57. The van der Waals surface area contributed by atoms with Crippen LogP contribution in [0, 0.1) is 0 Å². The molecule has 5 nitrogen and oxygen atoms in total. The van der Waals surface area contributed by atoms with Crippen molar-refractivity contribution in [3.63, 3.8) is 0 Å². The number of carbonyl (C=O) groups excluding carboxylic acids is 1. The Morgan fingerprint density at radius 3 is 3.00 bits per heavy atom. The molecule has 4 N–H and O–H groups in total. The fourth-order valence-electron chi connectivity index (χ4n) is 1.21. The van der Waals surface area contributed by atoms with Crippen LogP contribution in [-0.4, -0.2) is 48.3 Å². The molecule has 0 bridgehead atoms. The second kappa shape index (κ2) is 3.54. The smallest absolute Gasteiger partial charge is 0.315 e. The Bertz CT molecular complexity index is 151. The molecular formula is C6H13N3O2. The van der Waals surface area contributed by atoms with Gasteiger partial charge in [0.2, 0.25) is 0 Å². The molecule has 2 amide bonds. The zero-order valence-electron chi connectivity index (χ0n) is 6.29. The molecule has 0 aromatic rings. The monoisotopic (exact) mass is 159 g/mol. The van der Waals surface area contributed by atoms with E-state index in [-0.39, 0.29) is 12.6 Å². The molecule has 0 aromatic heterocycles. The molecule has 0 aliphatic carbocycles. The number of aliphatic hydroxyl groups excluding tert-OH is 1. The number of nitrogens with two attached hydrogens (primary N) is 1. The Labute approximate surface area is 65.2 Å². The van der Waals surface area contributed by atoms with Crippen molar-refractivity contribution in [2.45, 2.75) is 6.04 Å². The van der Waals surface area contributed by atoms with E-state index in [2.05, 4.69) is 5.32 Å². The maximum absolute atomic E-state index is 10.7. The summed E-state index contributed by atoms with van der Waals surface area (Å²) < 4.78 is 0. The molecular weight excluding hydrogens is 146 g/mol. The summed E-state index contributed by atoms with van der Waals surface area (Å²) in [5.74, 6) is 0. The van der Waals surface area contributed by atoms with Crippen LogP contribution in [0.4, 0.5) is 4.79 Å². The third-order valence-electron chi connectivity index (χ3n) is 1.84. The first-order valence-electron chi connectivity index (χ1n) is 3.63. The van der Waals surface area contributed by atoms with Crippen molar-refractivity contribution in [1.82, 2.24) is 10.2 Å². The maximum Gasteiger partial charge on any atom is 0.315 e. The van der Waals surface area contributed by atoms with Crippen molar-refractivity contribution in [3.8, 4) is 0 Å². The van der Waals surface area contributed by atoms with Gasteiger partial charge in [0.05, 0.1) is 12.6 Å². The Hall–Kier alpha value is -0.810. The Morgan fingerprint density at radius 2 is 2.55 bits per heavy atom. The fraction of sp³-hybridized carbons (Fsp3) is 0.833. The maximum atomic E-state index is 10.7. The molecule has 1 unspecified atom stereocenters. The van der Waals surface area contributed by atoms with Gasteiger partial charge in [-0.1, -0.05) is 0 Å². The summed E-state index contributed by atoms with van der Waals surface area (Å²) in [5.41, 5.74) is 5.08. The molecule has 1 rings (SSSR count). The summed E-state index contributed by atoms with van der Waals surface area (Å²) in [6.07, 6.45) is 0. The van der Waals surface area contributed by atoms with Gasteiger partial charge < -0.3 is 21.1 Å². The minimum Gasteiger partial charge on any atom is -0.394 e. The van der Waals surface area contributed by atoms with E-state index >= 15 is 0 Å². The van der Waals surface area contributed by atoms with Gasteiger partial charge in [-0.15, -0.1) is 0 Å². The van der Waals surface area contributed by atoms with Crippen molar-refractivity contribution in [2.24, 2.45) is 5.73 Å². The number of rotatable bonds is 1. The lowest BCUT2D eigenvalue weighted by Crippen LogP contribution is -2.56. The molecule has 1 heterocycles. The van der Waals surface area contributed by atoms with Crippen molar-refractivity contribution in [3.05, 3.63) is 0 Å². The average molecular weight is 159 g/mol. The van der Waals surface area contributed by atoms with Crippen LogP contribution in [0.15, 0.2) is 0 Å². The Morgan fingerprint density at radius 1 is 1.82 bits per heavy atom. The largest absolute Gasteiger partial charge is 0.394 e. The Kier molecular flexibility index (Phi) is 2.67. The van der Waals surface area contributed by atoms with Gasteiger partial charge in [0, 0.05) is 19.6 Å². The van der Waals surface area contributed by atoms with Gasteiger partial charge in [-0.25, -0.2) is 4.79 Å². The van der Waals surface area contributed by atoms with E-state index in [0.717, 1.165) is 6.54 Å². The van der Waals surface area contributed by atoms with Crippen molar-refractivity contribution in [2.75, 3.05) is 26.2 Å². The molecule has 5 heteroatoms. The van der Waals surface area contributed by atoms with Crippen LogP contribution in [0.25, 0.3) is 0 Å². The standard InChI is InChI=1S/C6H13N3O2/c7-6(11)9-2-1-8-3-5(9)4-10/h5,8,10H,1-4H2,(H2,7,11). The van der Waals surface area contributed by atoms with Crippen LogP contribution in [0.5, 0.6) is 0 Å². The molecule has 1 fully saturated rings. The van der Waals surface area contributed by atoms with Crippen LogP contribution in [0.2, 0.25) is 0 Å². The molecule has 0 radical (unpaired) electrons. The zero-order valence-corrected chi connectivity index (χ0v) is 6.29. The molecule has 0 spiro atoms. The van der Waals surface area contributed by atoms with E-state index in [0.29, 0.717) is 13.1 Å². The van der Waals surface area contributed by atoms with Gasteiger partial charge in [0.15, 0.2) is 0 Å². The summed E-state index contributed by atoms with van der Waals surface area (Å²) in [5, 5.41) is 11.9. The third-order valence-corrected chi connectivity index (χ3v) is 1.84. The van der Waals surface area contributed by atoms with Gasteiger partial charge >= 0.3 is 6.03 Å². The number of nitrogens with zero attached hydrogens (tertiary/aromatic N) is 1. The highest BCUT2D eigenvalue weighted by Crippen LogP contribution is 2.00. The van der Waals surface area contributed by atoms with Crippen LogP contribution in [-0.2, 0) is 0 Å². The highest BCUT2D eigenvalue weighted by molar-refractivity contribution is 5.72. The van der Waals surface area contributed by atoms with E-state index in [1.807, 2.05) is 0 Å². The minimum atomic E-state index is -0.453. The highest BCUT2D eigenvalue weighted by Gasteiger charge is 2.23. The van der Waals surface area contributed by atoms with Crippen molar-refractivity contribution in [1.29, 1.82) is 0 Å². The number of hydrogen-bond acceptors (Lipinski definition) is 3. The fourth-order valence-corrected chi connectivity index (χ4v) is 1.21. The van der Waals surface area contributed by atoms with E-state index in [1.54, 1.807) is 0 Å². The van der Waals surface area contributed by atoms with Crippen LogP contribution >= 0.6 is 0 Å². The number of amides is 2. The van der Waals surface area contributed by atoms with Gasteiger partial charge in [-0.2, -0.15) is 0 Å². The molecule has 0 saturated carbocycles. The third kappa shape index (κ3) is 1.81. The summed E-state index contributed by atoms with van der Waals surface area (Å²) in [6, 6.07) is -0.605. The number of carbonyl (C=O) groups is 1. The van der Waals surface area contributed by atoms with Crippen LogP contribution in [0.1, 0.15) is 0 Å². The molecule has 1 atom stereocenters. The lowest BCUT2D eigenvalue weighted by Gasteiger charge is -2.33. The summed E-state index contributed by atoms with van der Waals surface area (Å²) in [7, 11) is 0. The van der Waals surface area contributed by atoms with Gasteiger partial charge in [0.25, 0.3) is 0 Å². The van der Waals surface area contributed by atoms with E-state index < -0.39 is 6.03 Å². The van der Waals surface area contributed by atoms with Crippen molar-refractivity contribution < 1.29 is 9.90 Å². The first-order valence-corrected chi connectivity index (χ1v) is 3.63. The van der Waals surface area contributed by atoms with Crippen LogP contribution < -0.4 is 11.1 Å². The number of aliphatic hydroxyl groups is 1. The first kappa shape index (κ1) is 8.29. The number of primary amides is 1. The normalized spacial score (nSPS) is 25.2. The Balaban J connectivity index is 2.51. The van der Waals surface area contributed by atoms with E-state index in [4.69, 9.17) is 10.8 Å². The van der Waals surface area contributed by atoms with Gasteiger partial charge in [-0.3, -0.25) is 0 Å². The lowest BCUT2D eigenvalue weighted by molar-refractivity contribution is 0.121. The summed E-state index contributed by atoms with van der Waals surface area (Å²) in [6.45, 7) is 1.93. The first-order chi connectivity index (χ1) is 5.25. The number of piperazine rings is 1. The summed E-state index contributed by atoms with van der Waals surface area (Å²) >= 11 is 0. The predicted molar refractivity (Wildman–Crippen MR) is 40.0 cm³/mol. The van der Waals surface area contributed by atoms with Gasteiger partial charge in [0.1, 0.15) is 0 Å². The average Bonchev–Trinajstić information content (AvgIpc) is 2.04. The predicted octanol–water partition coefficient (Wildman–Crippen LogP) is -1.67. The number of nitrogens with one attached hydrogen (secondary N) is 1.